The van der Waals surface area contributed by atoms with Crippen molar-refractivity contribution in [3.8, 4) is 11.1 Å². The molecule has 0 fully saturated rings. The number of alkyl halides is 3. The molecule has 0 aliphatic carbocycles. The third-order valence-corrected chi connectivity index (χ3v) is 3.08. The number of carbonyl (C=O) groups excluding carboxylic acids is 1. The SMILES string of the molecule is CC(C)C(=O)Nc1ccc(-c2cncc(C(F)(F)F)c2)cc1. The Balaban J connectivity index is 2.22. The van der Waals surface area contributed by atoms with Crippen LogP contribution in [0.1, 0.15) is 19.4 Å². The molecule has 2 rings (SSSR count). The molecule has 1 aromatic heterocycles. The van der Waals surface area contributed by atoms with E-state index in [0.717, 1.165) is 12.3 Å². The molecule has 0 aliphatic rings. The number of carbonyl (C=O) groups is 1. The molecule has 0 aliphatic heterocycles. The van der Waals surface area contributed by atoms with Gasteiger partial charge in [-0.2, -0.15) is 13.2 Å². The summed E-state index contributed by atoms with van der Waals surface area (Å²) in [7, 11) is 0. The van der Waals surface area contributed by atoms with Gasteiger partial charge in [0.2, 0.25) is 5.91 Å². The van der Waals surface area contributed by atoms with Crippen molar-refractivity contribution in [1.82, 2.24) is 4.98 Å². The van der Waals surface area contributed by atoms with Crippen LogP contribution in [0.15, 0.2) is 42.7 Å². The Hall–Kier alpha value is -2.37. The summed E-state index contributed by atoms with van der Waals surface area (Å²) >= 11 is 0. The monoisotopic (exact) mass is 308 g/mol. The van der Waals surface area contributed by atoms with Gasteiger partial charge in [0.05, 0.1) is 5.56 Å². The fourth-order valence-electron chi connectivity index (χ4n) is 1.79. The van der Waals surface area contributed by atoms with E-state index in [1.807, 2.05) is 0 Å². The molecule has 22 heavy (non-hydrogen) atoms. The first-order chi connectivity index (χ1) is 10.3. The zero-order valence-electron chi connectivity index (χ0n) is 12.1. The van der Waals surface area contributed by atoms with Crippen LogP contribution in [0.4, 0.5) is 18.9 Å². The van der Waals surface area contributed by atoms with E-state index in [-0.39, 0.29) is 11.8 Å². The molecule has 1 N–H and O–H groups in total. The number of rotatable bonds is 3. The predicted molar refractivity (Wildman–Crippen MR) is 78.1 cm³/mol. The van der Waals surface area contributed by atoms with E-state index in [4.69, 9.17) is 0 Å². The van der Waals surface area contributed by atoms with Crippen LogP contribution in [0.25, 0.3) is 11.1 Å². The van der Waals surface area contributed by atoms with Gasteiger partial charge in [0, 0.05) is 29.6 Å². The van der Waals surface area contributed by atoms with Gasteiger partial charge < -0.3 is 5.32 Å². The van der Waals surface area contributed by atoms with Crippen molar-refractivity contribution in [2.45, 2.75) is 20.0 Å². The zero-order valence-corrected chi connectivity index (χ0v) is 12.1. The second-order valence-corrected chi connectivity index (χ2v) is 5.18. The van der Waals surface area contributed by atoms with E-state index in [0.29, 0.717) is 16.8 Å². The maximum absolute atomic E-state index is 12.7. The third-order valence-electron chi connectivity index (χ3n) is 3.08. The van der Waals surface area contributed by atoms with Gasteiger partial charge >= 0.3 is 6.18 Å². The number of pyridine rings is 1. The van der Waals surface area contributed by atoms with E-state index in [2.05, 4.69) is 10.3 Å². The van der Waals surface area contributed by atoms with Gasteiger partial charge in [0.25, 0.3) is 0 Å². The van der Waals surface area contributed by atoms with Crippen LogP contribution < -0.4 is 5.32 Å². The molecule has 0 radical (unpaired) electrons. The fraction of sp³-hybridized carbons (Fsp3) is 0.250. The summed E-state index contributed by atoms with van der Waals surface area (Å²) in [6.07, 6.45) is -2.26. The summed E-state index contributed by atoms with van der Waals surface area (Å²) in [6.45, 7) is 3.55. The van der Waals surface area contributed by atoms with Crippen molar-refractivity contribution in [2.75, 3.05) is 5.32 Å². The van der Waals surface area contributed by atoms with E-state index in [9.17, 15) is 18.0 Å². The van der Waals surface area contributed by atoms with Crippen LogP contribution in [0.2, 0.25) is 0 Å². The van der Waals surface area contributed by atoms with Crippen LogP contribution in [0.5, 0.6) is 0 Å². The lowest BCUT2D eigenvalue weighted by atomic mass is 10.1. The minimum Gasteiger partial charge on any atom is -0.326 e. The smallest absolute Gasteiger partial charge is 0.326 e. The van der Waals surface area contributed by atoms with Gasteiger partial charge in [0.1, 0.15) is 0 Å². The van der Waals surface area contributed by atoms with Gasteiger partial charge in [-0.05, 0) is 23.8 Å². The maximum atomic E-state index is 12.7. The zero-order chi connectivity index (χ0) is 16.3. The molecule has 0 saturated heterocycles. The van der Waals surface area contributed by atoms with E-state index in [1.54, 1.807) is 38.1 Å². The van der Waals surface area contributed by atoms with Crippen molar-refractivity contribution >= 4 is 11.6 Å². The largest absolute Gasteiger partial charge is 0.417 e. The highest BCUT2D eigenvalue weighted by atomic mass is 19.4. The first-order valence-electron chi connectivity index (χ1n) is 6.71. The standard InChI is InChI=1S/C16H15F3N2O/c1-10(2)15(22)21-14-5-3-11(4-6-14)12-7-13(9-20-8-12)16(17,18)19/h3-10H,1-2H3,(H,21,22). The maximum Gasteiger partial charge on any atom is 0.417 e. The van der Waals surface area contributed by atoms with Gasteiger partial charge in [-0.3, -0.25) is 9.78 Å². The number of anilines is 1. The second kappa shape index (κ2) is 6.17. The summed E-state index contributed by atoms with van der Waals surface area (Å²) in [6, 6.07) is 7.64. The number of hydrogen-bond acceptors (Lipinski definition) is 2. The molecule has 1 heterocycles. The highest BCUT2D eigenvalue weighted by molar-refractivity contribution is 5.92. The van der Waals surface area contributed by atoms with Gasteiger partial charge in [-0.15, -0.1) is 0 Å². The minimum absolute atomic E-state index is 0.117. The van der Waals surface area contributed by atoms with Crippen molar-refractivity contribution in [1.29, 1.82) is 0 Å². The van der Waals surface area contributed by atoms with E-state index >= 15 is 0 Å². The topological polar surface area (TPSA) is 42.0 Å². The summed E-state index contributed by atoms with van der Waals surface area (Å²) < 4.78 is 38.0. The predicted octanol–water partition coefficient (Wildman–Crippen LogP) is 4.36. The first kappa shape index (κ1) is 16.0. The number of nitrogens with one attached hydrogen (secondary N) is 1. The van der Waals surface area contributed by atoms with Crippen LogP contribution in [0, 0.1) is 5.92 Å². The van der Waals surface area contributed by atoms with Crippen LogP contribution in [-0.4, -0.2) is 10.9 Å². The molecule has 2 aromatic rings. The molecule has 0 atom stereocenters. The van der Waals surface area contributed by atoms with E-state index in [1.165, 1.54) is 6.20 Å². The number of hydrogen-bond donors (Lipinski definition) is 1. The number of benzene rings is 1. The van der Waals surface area contributed by atoms with Crippen LogP contribution in [-0.2, 0) is 11.0 Å². The van der Waals surface area contributed by atoms with Gasteiger partial charge in [-0.1, -0.05) is 26.0 Å². The molecule has 3 nitrogen and oxygen atoms in total. The fourth-order valence-corrected chi connectivity index (χ4v) is 1.79. The summed E-state index contributed by atoms with van der Waals surface area (Å²) in [5, 5.41) is 2.72. The number of nitrogens with zero attached hydrogens (tertiary/aromatic N) is 1. The average Bonchev–Trinajstić information content (AvgIpc) is 2.47. The van der Waals surface area contributed by atoms with Crippen LogP contribution >= 0.6 is 0 Å². The molecular formula is C16H15F3N2O. The molecule has 1 amide bonds. The van der Waals surface area contributed by atoms with Gasteiger partial charge in [-0.25, -0.2) is 0 Å². The molecule has 0 unspecified atom stereocenters. The number of amides is 1. The Morgan fingerprint density at radius 1 is 1.09 bits per heavy atom. The van der Waals surface area contributed by atoms with Crippen molar-refractivity contribution in [3.63, 3.8) is 0 Å². The lowest BCUT2D eigenvalue weighted by Gasteiger charge is -2.10. The molecule has 0 saturated carbocycles. The van der Waals surface area contributed by atoms with Crippen molar-refractivity contribution in [2.24, 2.45) is 5.92 Å². The molecule has 116 valence electrons. The highest BCUT2D eigenvalue weighted by Gasteiger charge is 2.31. The van der Waals surface area contributed by atoms with Crippen LogP contribution in [0.3, 0.4) is 0 Å². The highest BCUT2D eigenvalue weighted by Crippen LogP contribution is 2.31. The van der Waals surface area contributed by atoms with Crippen molar-refractivity contribution < 1.29 is 18.0 Å². The molecule has 1 aromatic carbocycles. The summed E-state index contributed by atoms with van der Waals surface area (Å²) in [5.41, 5.74) is 0.780. The molecule has 0 bridgehead atoms. The first-order valence-corrected chi connectivity index (χ1v) is 6.71. The molecule has 0 spiro atoms. The van der Waals surface area contributed by atoms with Crippen molar-refractivity contribution in [3.05, 3.63) is 48.3 Å². The molecule has 6 heteroatoms. The lowest BCUT2D eigenvalue weighted by Crippen LogP contribution is -2.17. The minimum atomic E-state index is -4.42. The summed E-state index contributed by atoms with van der Waals surface area (Å²) in [4.78, 5) is 15.2. The number of halogens is 3. The quantitative estimate of drug-likeness (QED) is 0.915. The Bertz CT molecular complexity index is 664. The lowest BCUT2D eigenvalue weighted by molar-refractivity contribution is -0.137. The second-order valence-electron chi connectivity index (χ2n) is 5.18. The molecular weight excluding hydrogens is 293 g/mol. The van der Waals surface area contributed by atoms with E-state index < -0.39 is 11.7 Å². The average molecular weight is 308 g/mol. The Labute approximate surface area is 126 Å². The summed E-state index contributed by atoms with van der Waals surface area (Å²) in [5.74, 6) is -0.263. The number of aromatic nitrogens is 1. The third kappa shape index (κ3) is 3.84. The Morgan fingerprint density at radius 2 is 1.73 bits per heavy atom. The Morgan fingerprint density at radius 3 is 2.27 bits per heavy atom. The Kier molecular flexibility index (Phi) is 4.49. The normalized spacial score (nSPS) is 11.5. The van der Waals surface area contributed by atoms with Gasteiger partial charge in [0.15, 0.2) is 0 Å².